The summed E-state index contributed by atoms with van der Waals surface area (Å²) in [4.78, 5) is 23.9. The number of carbonyl (C=O) groups excluding carboxylic acids is 1. The van der Waals surface area contributed by atoms with E-state index < -0.39 is 15.8 Å². The van der Waals surface area contributed by atoms with E-state index in [2.05, 4.69) is 9.97 Å². The maximum atomic E-state index is 14.4. The second kappa shape index (κ2) is 12.6. The second-order valence-electron chi connectivity index (χ2n) is 8.97. The molecule has 10 heteroatoms. The molecule has 0 spiro atoms. The summed E-state index contributed by atoms with van der Waals surface area (Å²) in [6.07, 6.45) is 6.66. The minimum atomic E-state index is -3.68. The Kier molecular flexibility index (Phi) is 9.19. The fourth-order valence-electron chi connectivity index (χ4n) is 4.01. The number of aromatic nitrogens is 2. The van der Waals surface area contributed by atoms with E-state index in [4.69, 9.17) is 0 Å². The highest BCUT2D eigenvalue weighted by molar-refractivity contribution is 7.89. The number of hydrogen-bond acceptors (Lipinski definition) is 6. The van der Waals surface area contributed by atoms with Gasteiger partial charge in [-0.1, -0.05) is 50.2 Å². The Balaban J connectivity index is 1.65. The van der Waals surface area contributed by atoms with Gasteiger partial charge in [0, 0.05) is 31.0 Å². The number of carbonyl (C=O) groups is 1. The number of unbranched alkanes of at least 4 members (excludes halogenated alkanes) is 2. The van der Waals surface area contributed by atoms with Crippen LogP contribution in [0.3, 0.4) is 0 Å². The van der Waals surface area contributed by atoms with Crippen LogP contribution < -0.4 is 4.90 Å². The maximum Gasteiger partial charge on any atom is 0.260 e. The Morgan fingerprint density at radius 2 is 1.68 bits per heavy atom. The number of pyridine rings is 1. The van der Waals surface area contributed by atoms with Crippen molar-refractivity contribution in [3.63, 3.8) is 0 Å². The summed E-state index contributed by atoms with van der Waals surface area (Å²) in [5, 5.41) is 0.348. The van der Waals surface area contributed by atoms with Gasteiger partial charge in [0.15, 0.2) is 5.13 Å². The zero-order valence-electron chi connectivity index (χ0n) is 21.5. The Labute approximate surface area is 227 Å². The molecular formula is C28H31FN4O3S2. The van der Waals surface area contributed by atoms with Gasteiger partial charge in [-0.05, 0) is 60.9 Å². The van der Waals surface area contributed by atoms with Crippen molar-refractivity contribution in [3.05, 3.63) is 83.9 Å². The van der Waals surface area contributed by atoms with E-state index >= 15 is 0 Å². The summed E-state index contributed by atoms with van der Waals surface area (Å²) in [7, 11) is -3.68. The predicted molar refractivity (Wildman–Crippen MR) is 149 cm³/mol. The molecule has 0 saturated carbocycles. The average Bonchev–Trinajstić information content (AvgIpc) is 3.37. The van der Waals surface area contributed by atoms with Crippen molar-refractivity contribution in [3.8, 4) is 0 Å². The largest absolute Gasteiger partial charge is 0.279 e. The van der Waals surface area contributed by atoms with E-state index in [1.807, 2.05) is 19.9 Å². The molecule has 0 aliphatic carbocycles. The van der Waals surface area contributed by atoms with Crippen LogP contribution in [0, 0.1) is 5.82 Å². The lowest BCUT2D eigenvalue weighted by Gasteiger charge is -2.22. The van der Waals surface area contributed by atoms with Gasteiger partial charge in [0.25, 0.3) is 5.91 Å². The van der Waals surface area contributed by atoms with E-state index in [0.29, 0.717) is 28.5 Å². The van der Waals surface area contributed by atoms with Crippen LogP contribution in [0.1, 0.15) is 55.5 Å². The van der Waals surface area contributed by atoms with Crippen molar-refractivity contribution in [1.29, 1.82) is 0 Å². The predicted octanol–water partition coefficient (Wildman–Crippen LogP) is 6.27. The van der Waals surface area contributed by atoms with Crippen LogP contribution in [0.15, 0.2) is 71.9 Å². The molecular weight excluding hydrogens is 523 g/mol. The molecule has 0 aliphatic rings. The van der Waals surface area contributed by atoms with Crippen LogP contribution in [0.5, 0.6) is 0 Å². The molecule has 0 N–H and O–H groups in total. The summed E-state index contributed by atoms with van der Waals surface area (Å²) < 4.78 is 43.2. The number of anilines is 1. The van der Waals surface area contributed by atoms with E-state index in [9.17, 15) is 17.6 Å². The van der Waals surface area contributed by atoms with Crippen LogP contribution in [-0.4, -0.2) is 41.7 Å². The summed E-state index contributed by atoms with van der Waals surface area (Å²) in [5.74, 6) is -0.824. The number of thiazole rings is 1. The van der Waals surface area contributed by atoms with Crippen LogP contribution in [-0.2, 0) is 16.6 Å². The van der Waals surface area contributed by atoms with Crippen molar-refractivity contribution in [2.75, 3.05) is 18.0 Å². The van der Waals surface area contributed by atoms with Crippen molar-refractivity contribution >= 4 is 42.6 Å². The van der Waals surface area contributed by atoms with Crippen LogP contribution >= 0.6 is 11.3 Å². The molecule has 2 aromatic carbocycles. The third kappa shape index (κ3) is 6.25. The summed E-state index contributed by atoms with van der Waals surface area (Å²) in [6, 6.07) is 14.3. The third-order valence-electron chi connectivity index (χ3n) is 6.16. The van der Waals surface area contributed by atoms with Crippen molar-refractivity contribution in [1.82, 2.24) is 14.3 Å². The maximum absolute atomic E-state index is 14.4. The van der Waals surface area contributed by atoms with Crippen LogP contribution in [0.2, 0.25) is 0 Å². The first kappa shape index (κ1) is 27.8. The van der Waals surface area contributed by atoms with Crippen molar-refractivity contribution in [2.45, 2.75) is 51.0 Å². The Hall–Kier alpha value is -3.21. The minimum Gasteiger partial charge on any atom is -0.279 e. The molecule has 200 valence electrons. The average molecular weight is 555 g/mol. The van der Waals surface area contributed by atoms with Crippen LogP contribution in [0.25, 0.3) is 10.2 Å². The molecule has 7 nitrogen and oxygen atoms in total. The number of benzene rings is 2. The summed E-state index contributed by atoms with van der Waals surface area (Å²) >= 11 is 1.22. The first-order chi connectivity index (χ1) is 18.3. The standard InChI is InChI=1S/C28H31FN4O3S2/c1-3-5-17-32(18-6-4-2)38(35,36)23-14-12-22(13-15-23)27(34)33(20-21-9-8-16-30-19-21)28-31-26-24(29)10-7-11-25(26)37-28/h7-16,19H,3-6,17-18,20H2,1-2H3. The van der Waals surface area contributed by atoms with E-state index in [1.54, 1.807) is 30.6 Å². The van der Waals surface area contributed by atoms with Gasteiger partial charge in [0.1, 0.15) is 11.3 Å². The van der Waals surface area contributed by atoms with Crippen molar-refractivity contribution < 1.29 is 17.6 Å². The highest BCUT2D eigenvalue weighted by Crippen LogP contribution is 2.32. The Morgan fingerprint density at radius 1 is 0.974 bits per heavy atom. The SMILES string of the molecule is CCCCN(CCCC)S(=O)(=O)c1ccc(C(=O)N(Cc2cccnc2)c2nc3c(F)cccc3s2)cc1. The number of rotatable bonds is 12. The Morgan fingerprint density at radius 3 is 2.29 bits per heavy atom. The number of halogens is 1. The smallest absolute Gasteiger partial charge is 0.260 e. The van der Waals surface area contributed by atoms with Gasteiger partial charge in [0.05, 0.1) is 16.1 Å². The molecule has 0 saturated heterocycles. The fourth-order valence-corrected chi connectivity index (χ4v) is 6.51. The molecule has 38 heavy (non-hydrogen) atoms. The number of sulfonamides is 1. The first-order valence-electron chi connectivity index (χ1n) is 12.7. The topological polar surface area (TPSA) is 83.5 Å². The van der Waals surface area contributed by atoms with Gasteiger partial charge in [-0.25, -0.2) is 17.8 Å². The second-order valence-corrected chi connectivity index (χ2v) is 11.9. The number of para-hydroxylation sites is 1. The van der Waals surface area contributed by atoms with E-state index in [-0.39, 0.29) is 22.9 Å². The number of fused-ring (bicyclic) bond motifs is 1. The van der Waals surface area contributed by atoms with Gasteiger partial charge >= 0.3 is 0 Å². The quantitative estimate of drug-likeness (QED) is 0.206. The molecule has 4 aromatic rings. The summed E-state index contributed by atoms with van der Waals surface area (Å²) in [6.45, 7) is 5.17. The first-order valence-corrected chi connectivity index (χ1v) is 15.0. The van der Waals surface area contributed by atoms with E-state index in [0.717, 1.165) is 31.2 Å². The van der Waals surface area contributed by atoms with Crippen LogP contribution in [0.4, 0.5) is 9.52 Å². The molecule has 0 bridgehead atoms. The lowest BCUT2D eigenvalue weighted by molar-refractivity contribution is 0.0985. The van der Waals surface area contributed by atoms with Gasteiger partial charge in [-0.15, -0.1) is 0 Å². The fraction of sp³-hybridized carbons (Fsp3) is 0.321. The lowest BCUT2D eigenvalue weighted by atomic mass is 10.2. The third-order valence-corrected chi connectivity index (χ3v) is 9.12. The zero-order valence-corrected chi connectivity index (χ0v) is 23.1. The monoisotopic (exact) mass is 554 g/mol. The number of amides is 1. The normalized spacial score (nSPS) is 11.8. The van der Waals surface area contributed by atoms with Gasteiger partial charge in [-0.3, -0.25) is 14.7 Å². The molecule has 4 rings (SSSR count). The van der Waals surface area contributed by atoms with Crippen molar-refractivity contribution in [2.24, 2.45) is 0 Å². The minimum absolute atomic E-state index is 0.155. The molecule has 2 aromatic heterocycles. The number of nitrogens with zero attached hydrogens (tertiary/aromatic N) is 4. The lowest BCUT2D eigenvalue weighted by Crippen LogP contribution is -2.33. The molecule has 0 atom stereocenters. The van der Waals surface area contributed by atoms with E-state index in [1.165, 1.54) is 50.9 Å². The van der Waals surface area contributed by atoms with Gasteiger partial charge in [0.2, 0.25) is 10.0 Å². The molecule has 0 aliphatic heterocycles. The molecule has 0 unspecified atom stereocenters. The molecule has 2 heterocycles. The number of hydrogen-bond donors (Lipinski definition) is 0. The highest BCUT2D eigenvalue weighted by atomic mass is 32.2. The highest BCUT2D eigenvalue weighted by Gasteiger charge is 2.26. The van der Waals surface area contributed by atoms with Gasteiger partial charge < -0.3 is 0 Å². The summed E-state index contributed by atoms with van der Waals surface area (Å²) in [5.41, 5.74) is 1.29. The molecule has 0 radical (unpaired) electrons. The Bertz CT molecular complexity index is 1470. The zero-order chi connectivity index (χ0) is 27.1. The molecule has 0 fully saturated rings. The van der Waals surface area contributed by atoms with Gasteiger partial charge in [-0.2, -0.15) is 4.31 Å². The molecule has 1 amide bonds.